The summed E-state index contributed by atoms with van der Waals surface area (Å²) in [5.41, 5.74) is 2.18. The minimum atomic E-state index is -1.16. The van der Waals surface area contributed by atoms with Crippen LogP contribution in [-0.4, -0.2) is 17.4 Å². The Morgan fingerprint density at radius 2 is 2.17 bits per heavy atom. The van der Waals surface area contributed by atoms with Gasteiger partial charge in [0.15, 0.2) is 0 Å². The molecule has 0 aromatic heterocycles. The Hall–Kier alpha value is -1.39. The lowest BCUT2D eigenvalue weighted by Crippen LogP contribution is -2.21. The van der Waals surface area contributed by atoms with Crippen molar-refractivity contribution in [3.05, 3.63) is 35.4 Å². The zero-order chi connectivity index (χ0) is 13.5. The molecule has 0 fully saturated rings. The largest absolute Gasteiger partial charge is 0.364 e. The average molecular weight is 252 g/mol. The molecule has 1 rings (SSSR count). The first kappa shape index (κ1) is 14.7. The molecule has 0 aliphatic heterocycles. The smallest absolute Gasteiger partial charge is 0.339 e. The molecule has 4 nitrogen and oxygen atoms in total. The van der Waals surface area contributed by atoms with E-state index in [2.05, 4.69) is 22.8 Å². The van der Waals surface area contributed by atoms with Crippen LogP contribution < -0.4 is 0 Å². The van der Waals surface area contributed by atoms with Gasteiger partial charge in [-0.1, -0.05) is 44.5 Å². The van der Waals surface area contributed by atoms with E-state index in [-0.39, 0.29) is 5.92 Å². The third-order valence-corrected chi connectivity index (χ3v) is 2.71. The summed E-state index contributed by atoms with van der Waals surface area (Å²) in [5.74, 6) is -0.845. The van der Waals surface area contributed by atoms with Crippen molar-refractivity contribution < 1.29 is 19.7 Å². The van der Waals surface area contributed by atoms with E-state index in [0.717, 1.165) is 18.4 Å². The molecule has 18 heavy (non-hydrogen) atoms. The fraction of sp³-hybridized carbons (Fsp3) is 0.500. The number of carbonyl (C=O) groups is 1. The molecular formula is C14H20O4. The molecule has 0 saturated carbocycles. The Balaban J connectivity index is 2.67. The van der Waals surface area contributed by atoms with Crippen LogP contribution >= 0.6 is 0 Å². The lowest BCUT2D eigenvalue weighted by atomic mass is 9.97. The second kappa shape index (κ2) is 7.13. The number of hydrogen-bond acceptors (Lipinski definition) is 4. The van der Waals surface area contributed by atoms with E-state index in [9.17, 15) is 9.90 Å². The van der Waals surface area contributed by atoms with E-state index in [4.69, 9.17) is 0 Å². The summed E-state index contributed by atoms with van der Waals surface area (Å²) in [6.07, 6.45) is 0.914. The maximum absolute atomic E-state index is 10.6. The van der Waals surface area contributed by atoms with Crippen molar-refractivity contribution in [2.24, 2.45) is 0 Å². The van der Waals surface area contributed by atoms with Gasteiger partial charge in [-0.05, 0) is 17.5 Å². The highest BCUT2D eigenvalue weighted by molar-refractivity contribution is 5.65. The third kappa shape index (κ3) is 4.47. The number of rotatable bonds is 6. The Morgan fingerprint density at radius 1 is 1.44 bits per heavy atom. The highest BCUT2D eigenvalue weighted by atomic mass is 17.2. The van der Waals surface area contributed by atoms with Gasteiger partial charge in [-0.3, -0.25) is 4.89 Å². The lowest BCUT2D eigenvalue weighted by Gasteiger charge is -2.18. The zero-order valence-electron chi connectivity index (χ0n) is 11.1. The molecule has 100 valence electrons. The average Bonchev–Trinajstić information content (AvgIpc) is 2.35. The molecule has 1 N–H and O–H groups in total. The summed E-state index contributed by atoms with van der Waals surface area (Å²) in [6, 6.07) is 7.97. The van der Waals surface area contributed by atoms with Crippen molar-refractivity contribution in [3.63, 3.8) is 0 Å². The molecule has 0 aliphatic carbocycles. The molecule has 0 bridgehead atoms. The normalized spacial score (nSPS) is 14.0. The van der Waals surface area contributed by atoms with Crippen LogP contribution in [0.15, 0.2) is 24.3 Å². The minimum absolute atomic E-state index is 0.263. The number of aryl methyl sites for hydroxylation is 1. The van der Waals surface area contributed by atoms with E-state index >= 15 is 0 Å². The molecule has 0 radical (unpaired) electrons. The van der Waals surface area contributed by atoms with Gasteiger partial charge >= 0.3 is 5.97 Å². The highest BCUT2D eigenvalue weighted by Crippen LogP contribution is 2.21. The second-order valence-corrected chi connectivity index (χ2v) is 4.35. The summed E-state index contributed by atoms with van der Waals surface area (Å²) in [7, 11) is 0. The highest BCUT2D eigenvalue weighted by Gasteiger charge is 2.19. The van der Waals surface area contributed by atoms with Gasteiger partial charge in [0.05, 0.1) is 0 Å². The van der Waals surface area contributed by atoms with E-state index in [1.165, 1.54) is 12.5 Å². The van der Waals surface area contributed by atoms with Gasteiger partial charge in [0, 0.05) is 12.8 Å². The van der Waals surface area contributed by atoms with Crippen LogP contribution in [0.3, 0.4) is 0 Å². The first-order chi connectivity index (χ1) is 8.54. The topological polar surface area (TPSA) is 55.8 Å². The molecule has 0 saturated heterocycles. The molecule has 2 atom stereocenters. The maximum atomic E-state index is 10.6. The summed E-state index contributed by atoms with van der Waals surface area (Å²) in [5, 5.41) is 9.74. The minimum Gasteiger partial charge on any atom is -0.364 e. The van der Waals surface area contributed by atoms with Gasteiger partial charge in [-0.15, -0.1) is 0 Å². The Labute approximate surface area is 107 Å². The molecule has 1 aromatic rings. The number of carbonyl (C=O) groups excluding carboxylic acids is 1. The fourth-order valence-corrected chi connectivity index (χ4v) is 1.69. The van der Waals surface area contributed by atoms with Crippen molar-refractivity contribution in [2.75, 3.05) is 0 Å². The molecule has 4 heteroatoms. The van der Waals surface area contributed by atoms with Crippen LogP contribution in [0.2, 0.25) is 0 Å². The molecule has 1 unspecified atom stereocenters. The quantitative estimate of drug-likeness (QED) is 0.480. The number of aliphatic hydroxyl groups is 1. The second-order valence-electron chi connectivity index (χ2n) is 4.35. The fourth-order valence-electron chi connectivity index (χ4n) is 1.69. The SMILES string of the molecule is CCCc1cccc(C(C)[C@H](O)OOC(C)=O)c1. The number of benzene rings is 1. The van der Waals surface area contributed by atoms with E-state index in [1.54, 1.807) is 0 Å². The van der Waals surface area contributed by atoms with Gasteiger partial charge in [0.1, 0.15) is 0 Å². The monoisotopic (exact) mass is 252 g/mol. The van der Waals surface area contributed by atoms with Crippen molar-refractivity contribution in [2.45, 2.75) is 45.8 Å². The van der Waals surface area contributed by atoms with Gasteiger partial charge in [-0.2, -0.15) is 4.89 Å². The van der Waals surface area contributed by atoms with Crippen molar-refractivity contribution in [3.8, 4) is 0 Å². The third-order valence-electron chi connectivity index (χ3n) is 2.71. The summed E-state index contributed by atoms with van der Waals surface area (Å²) >= 11 is 0. The van der Waals surface area contributed by atoms with Crippen LogP contribution in [0, 0.1) is 0 Å². The summed E-state index contributed by atoms with van der Waals surface area (Å²) < 4.78 is 0. The van der Waals surface area contributed by atoms with Gasteiger partial charge in [0.2, 0.25) is 6.29 Å². The predicted octanol–water partition coefficient (Wildman–Crippen LogP) is 2.56. The lowest BCUT2D eigenvalue weighted by molar-refractivity contribution is -0.345. The predicted molar refractivity (Wildman–Crippen MR) is 67.7 cm³/mol. The molecule has 0 amide bonds. The van der Waals surface area contributed by atoms with Crippen LogP contribution in [0.5, 0.6) is 0 Å². The molecule has 1 aromatic carbocycles. The van der Waals surface area contributed by atoms with Gasteiger partial charge in [0.25, 0.3) is 0 Å². The van der Waals surface area contributed by atoms with Crippen LogP contribution in [0.25, 0.3) is 0 Å². The zero-order valence-corrected chi connectivity index (χ0v) is 11.1. The van der Waals surface area contributed by atoms with Crippen LogP contribution in [0.4, 0.5) is 0 Å². The number of hydrogen-bond donors (Lipinski definition) is 1. The number of aliphatic hydroxyl groups excluding tert-OH is 1. The van der Waals surface area contributed by atoms with Gasteiger partial charge < -0.3 is 5.11 Å². The van der Waals surface area contributed by atoms with Crippen LogP contribution in [0.1, 0.15) is 44.2 Å². The Kier molecular flexibility index (Phi) is 5.82. The molecule has 0 aliphatic rings. The summed E-state index contributed by atoms with van der Waals surface area (Å²) in [6.45, 7) is 5.16. The van der Waals surface area contributed by atoms with Crippen molar-refractivity contribution in [1.82, 2.24) is 0 Å². The van der Waals surface area contributed by atoms with E-state index in [1.807, 2.05) is 25.1 Å². The van der Waals surface area contributed by atoms with Crippen molar-refractivity contribution >= 4 is 5.97 Å². The maximum Gasteiger partial charge on any atom is 0.339 e. The van der Waals surface area contributed by atoms with Crippen LogP contribution in [-0.2, 0) is 21.0 Å². The van der Waals surface area contributed by atoms with Crippen molar-refractivity contribution in [1.29, 1.82) is 0 Å². The first-order valence-electron chi connectivity index (χ1n) is 6.15. The van der Waals surface area contributed by atoms with E-state index < -0.39 is 12.3 Å². The summed E-state index contributed by atoms with van der Waals surface area (Å²) in [4.78, 5) is 19.5. The molecule has 0 spiro atoms. The Morgan fingerprint density at radius 3 is 2.78 bits per heavy atom. The molecule has 0 heterocycles. The van der Waals surface area contributed by atoms with Gasteiger partial charge in [-0.25, -0.2) is 4.79 Å². The Bertz CT molecular complexity index is 389. The van der Waals surface area contributed by atoms with E-state index in [0.29, 0.717) is 0 Å². The first-order valence-corrected chi connectivity index (χ1v) is 6.15. The molecular weight excluding hydrogens is 232 g/mol. The standard InChI is InChI=1S/C14H20O4/c1-4-6-12-7-5-8-13(9-12)10(2)14(16)18-17-11(3)15/h5,7-10,14,16H,4,6H2,1-3H3/t10?,14-/m1/s1.